The van der Waals surface area contributed by atoms with Crippen molar-refractivity contribution < 1.29 is 17.4 Å². The van der Waals surface area contributed by atoms with E-state index >= 15 is 0 Å². The van der Waals surface area contributed by atoms with E-state index in [1.54, 1.807) is 0 Å². The van der Waals surface area contributed by atoms with Crippen molar-refractivity contribution in [3.63, 3.8) is 0 Å². The summed E-state index contributed by atoms with van der Waals surface area (Å²) >= 11 is 0. The maximum absolute atomic E-state index is 11.3. The molecular weight excluding hydrogens is 137 g/mol. The lowest BCUT2D eigenvalue weighted by atomic mass is 10.5. The normalized spacial score (nSPS) is 12.0. The second-order valence-electron chi connectivity index (χ2n) is 1.44. The second-order valence-corrected chi connectivity index (χ2v) is 3.17. The molecule has 0 aliphatic heterocycles. The number of aliphatic hydroxyl groups is 1. The zero-order valence-corrected chi connectivity index (χ0v) is 5.20. The van der Waals surface area contributed by atoms with Gasteiger partial charge in [0.1, 0.15) is 0 Å². The van der Waals surface area contributed by atoms with Gasteiger partial charge in [-0.2, -0.15) is 0 Å². The van der Waals surface area contributed by atoms with Crippen LogP contribution in [0.4, 0.5) is 12.3 Å². The van der Waals surface area contributed by atoms with E-state index in [-0.39, 0.29) is 13.0 Å². The number of hydrogen-bond donors (Lipinski definition) is 1. The van der Waals surface area contributed by atoms with Gasteiger partial charge in [-0.05, 0) is 6.42 Å². The Labute approximate surface area is 46.7 Å². The zero-order valence-electron chi connectivity index (χ0n) is 4.20. The molecule has 0 aliphatic carbocycles. The molecule has 0 atom stereocenters. The van der Waals surface area contributed by atoms with Gasteiger partial charge in [0.2, 0.25) is 0 Å². The van der Waals surface area contributed by atoms with Crippen molar-refractivity contribution in [2.75, 3.05) is 6.61 Å². The van der Waals surface area contributed by atoms with Crippen molar-refractivity contribution in [1.82, 2.24) is 0 Å². The summed E-state index contributed by atoms with van der Waals surface area (Å²) in [5.41, 5.74) is 0. The average molecular weight is 144 g/mol. The number of aliphatic hydroxyl groups excluding tert-OH is 1. The first-order valence-electron chi connectivity index (χ1n) is 2.24. The lowest BCUT2D eigenvalue weighted by Gasteiger charge is -1.97. The number of hydrogen-bond acceptors (Lipinski definition) is 1. The van der Waals surface area contributed by atoms with E-state index in [1.165, 1.54) is 0 Å². The van der Waals surface area contributed by atoms with Crippen molar-refractivity contribution in [1.29, 1.82) is 0 Å². The molecule has 8 heavy (non-hydrogen) atoms. The summed E-state index contributed by atoms with van der Waals surface area (Å²) in [5.74, 6) is 0. The molecule has 0 unspecified atom stereocenters. The average Bonchev–Trinajstić information content (AvgIpc) is 1.59. The van der Waals surface area contributed by atoms with Crippen molar-refractivity contribution in [2.45, 2.75) is 12.5 Å². The predicted octanol–water partition coefficient (Wildman–Crippen LogP) is 1.22. The molecule has 0 fully saturated rings. The van der Waals surface area contributed by atoms with Crippen molar-refractivity contribution >= 4 is 9.08 Å². The van der Waals surface area contributed by atoms with Crippen LogP contribution in [0.15, 0.2) is 0 Å². The molecule has 0 heterocycles. The Morgan fingerprint density at radius 3 is 1.88 bits per heavy atom. The van der Waals surface area contributed by atoms with Crippen LogP contribution in [0.1, 0.15) is 6.42 Å². The smallest absolute Gasteiger partial charge is 0.396 e. The molecule has 1 N–H and O–H groups in total. The summed E-state index contributed by atoms with van der Waals surface area (Å²) in [6, 6.07) is -0.747. The third-order valence-corrected chi connectivity index (χ3v) is 1.54. The van der Waals surface area contributed by atoms with Crippen molar-refractivity contribution in [3.8, 4) is 0 Å². The zero-order chi connectivity index (χ0) is 6.62. The van der Waals surface area contributed by atoms with Gasteiger partial charge in [-0.25, -0.2) is 12.3 Å². The summed E-state index contributed by atoms with van der Waals surface area (Å²) in [5, 5.41) is 7.95. The number of rotatable bonds is 3. The summed E-state index contributed by atoms with van der Waals surface area (Å²) in [4.78, 5) is 0. The molecule has 5 heteroatoms. The van der Waals surface area contributed by atoms with Gasteiger partial charge in [-0.3, -0.25) is 0 Å². The van der Waals surface area contributed by atoms with Gasteiger partial charge in [0, 0.05) is 12.7 Å². The van der Waals surface area contributed by atoms with Crippen LogP contribution in [0.3, 0.4) is 0 Å². The summed E-state index contributed by atoms with van der Waals surface area (Å²) in [6.07, 6.45) is -0.129. The van der Waals surface area contributed by atoms with Crippen LogP contribution in [0.2, 0.25) is 6.04 Å². The SMILES string of the molecule is OCCC[Si](F)(F)F. The largest absolute Gasteiger partial charge is 0.616 e. The first-order valence-corrected chi connectivity index (χ1v) is 4.08. The fourth-order valence-corrected chi connectivity index (χ4v) is 0.839. The Bertz CT molecular complexity index is 62.0. The first-order chi connectivity index (χ1) is 3.56. The highest BCUT2D eigenvalue weighted by Crippen LogP contribution is 2.15. The molecule has 0 spiro atoms. The first kappa shape index (κ1) is 7.97. The highest BCUT2D eigenvalue weighted by molar-refractivity contribution is 6.58. The molecule has 50 valence electrons. The lowest BCUT2D eigenvalue weighted by molar-refractivity contribution is 0.289. The van der Waals surface area contributed by atoms with Crippen LogP contribution >= 0.6 is 0 Å². The van der Waals surface area contributed by atoms with Gasteiger partial charge in [-0.15, -0.1) is 0 Å². The highest BCUT2D eigenvalue weighted by atomic mass is 28.5. The Hall–Kier alpha value is -0.0331. The summed E-state index contributed by atoms with van der Waals surface area (Å²) in [7, 11) is -5.34. The third-order valence-electron chi connectivity index (χ3n) is 0.618. The molecule has 0 aromatic carbocycles. The van der Waals surface area contributed by atoms with Gasteiger partial charge in [0.05, 0.1) is 0 Å². The van der Waals surface area contributed by atoms with E-state index in [0.29, 0.717) is 0 Å². The molecule has 0 saturated carbocycles. The molecule has 0 aromatic rings. The van der Waals surface area contributed by atoms with E-state index in [9.17, 15) is 12.3 Å². The van der Waals surface area contributed by atoms with Crippen LogP contribution < -0.4 is 0 Å². The molecule has 0 bridgehead atoms. The van der Waals surface area contributed by atoms with Gasteiger partial charge in [0.25, 0.3) is 0 Å². The monoisotopic (exact) mass is 144 g/mol. The van der Waals surface area contributed by atoms with E-state index in [1.807, 2.05) is 0 Å². The van der Waals surface area contributed by atoms with E-state index in [0.717, 1.165) is 0 Å². The molecular formula is C3H7F3OSi. The molecule has 0 amide bonds. The van der Waals surface area contributed by atoms with E-state index < -0.39 is 15.1 Å². The molecule has 0 radical (unpaired) electrons. The Kier molecular flexibility index (Phi) is 3.07. The number of halogens is 3. The van der Waals surface area contributed by atoms with Crippen molar-refractivity contribution in [2.24, 2.45) is 0 Å². The highest BCUT2D eigenvalue weighted by Gasteiger charge is 2.35. The fourth-order valence-electron chi connectivity index (χ4n) is 0.280. The maximum atomic E-state index is 11.3. The second kappa shape index (κ2) is 3.08. The fraction of sp³-hybridized carbons (Fsp3) is 1.00. The quantitative estimate of drug-likeness (QED) is 0.466. The van der Waals surface area contributed by atoms with Gasteiger partial charge in [-0.1, -0.05) is 0 Å². The standard InChI is InChI=1S/C3H7F3OSi/c4-8(5,6)3-1-2-7/h7H,1-3H2. The lowest BCUT2D eigenvalue weighted by Crippen LogP contribution is -2.14. The summed E-state index contributed by atoms with van der Waals surface area (Å²) in [6.45, 7) is -0.355. The third kappa shape index (κ3) is 5.97. The van der Waals surface area contributed by atoms with Crippen molar-refractivity contribution in [3.05, 3.63) is 0 Å². The van der Waals surface area contributed by atoms with E-state index in [4.69, 9.17) is 5.11 Å². The van der Waals surface area contributed by atoms with E-state index in [2.05, 4.69) is 0 Å². The van der Waals surface area contributed by atoms with Crippen LogP contribution in [0, 0.1) is 0 Å². The summed E-state index contributed by atoms with van der Waals surface area (Å²) < 4.78 is 33.8. The minimum absolute atomic E-state index is 0.129. The van der Waals surface area contributed by atoms with Crippen LogP contribution in [-0.2, 0) is 0 Å². The van der Waals surface area contributed by atoms with Gasteiger partial charge in [0.15, 0.2) is 0 Å². The van der Waals surface area contributed by atoms with Crippen LogP contribution in [-0.4, -0.2) is 20.8 Å². The Balaban J connectivity index is 3.11. The molecule has 0 saturated heterocycles. The Morgan fingerprint density at radius 1 is 1.25 bits per heavy atom. The minimum atomic E-state index is -5.34. The molecule has 1 nitrogen and oxygen atoms in total. The minimum Gasteiger partial charge on any atom is -0.396 e. The molecule has 0 aromatic heterocycles. The van der Waals surface area contributed by atoms with Gasteiger partial charge >= 0.3 is 9.08 Å². The van der Waals surface area contributed by atoms with Gasteiger partial charge < -0.3 is 5.11 Å². The molecule has 0 rings (SSSR count). The van der Waals surface area contributed by atoms with Crippen LogP contribution in [0.25, 0.3) is 0 Å². The maximum Gasteiger partial charge on any atom is 0.616 e. The molecule has 0 aliphatic rings. The van der Waals surface area contributed by atoms with Crippen LogP contribution in [0.5, 0.6) is 0 Å². The predicted molar refractivity (Wildman–Crippen MR) is 25.6 cm³/mol. The topological polar surface area (TPSA) is 20.2 Å². The Morgan fingerprint density at radius 2 is 1.75 bits per heavy atom.